The van der Waals surface area contributed by atoms with Gasteiger partial charge in [0.15, 0.2) is 0 Å². The van der Waals surface area contributed by atoms with E-state index in [0.29, 0.717) is 6.54 Å². The van der Waals surface area contributed by atoms with Crippen molar-refractivity contribution in [3.8, 4) is 5.75 Å². The summed E-state index contributed by atoms with van der Waals surface area (Å²) in [5.41, 5.74) is 3.21. The third-order valence-electron chi connectivity index (χ3n) is 6.84. The van der Waals surface area contributed by atoms with Crippen molar-refractivity contribution in [3.63, 3.8) is 0 Å². The van der Waals surface area contributed by atoms with Gasteiger partial charge in [-0.2, -0.15) is 0 Å². The standard InChI is InChI=1S/C26H26N6O2S/c1-34-18-4-5-21-20(13-18)17(14-29-21)6-10-27-25(33)16-7-11-32(12-8-16)24-23-22(30-15-31-24)19-3-2-9-28-26(19)35-23/h2-5,9,13-16,29H,6-8,10-12H2,1H3,(H,27,33). The molecule has 9 heteroatoms. The van der Waals surface area contributed by atoms with Crippen LogP contribution < -0.4 is 15.0 Å². The third-order valence-corrected chi connectivity index (χ3v) is 7.94. The summed E-state index contributed by atoms with van der Waals surface area (Å²) >= 11 is 1.63. The Kier molecular flexibility index (Phi) is 5.69. The van der Waals surface area contributed by atoms with Gasteiger partial charge in [-0.3, -0.25) is 4.79 Å². The minimum absolute atomic E-state index is 0.0238. The molecular weight excluding hydrogens is 460 g/mol. The lowest BCUT2D eigenvalue weighted by molar-refractivity contribution is -0.125. The molecule has 2 N–H and O–H groups in total. The first-order valence-electron chi connectivity index (χ1n) is 11.9. The number of aromatic nitrogens is 4. The quantitative estimate of drug-likeness (QED) is 0.371. The monoisotopic (exact) mass is 486 g/mol. The predicted octanol–water partition coefficient (Wildman–Crippen LogP) is 4.30. The number of carbonyl (C=O) groups is 1. The van der Waals surface area contributed by atoms with E-state index in [-0.39, 0.29) is 11.8 Å². The zero-order valence-electron chi connectivity index (χ0n) is 19.5. The lowest BCUT2D eigenvalue weighted by Crippen LogP contribution is -2.41. The SMILES string of the molecule is COc1ccc2[nH]cc(CCNC(=O)C3CCN(c4ncnc5c4sc4ncccc45)CC3)c2c1. The normalized spacial score (nSPS) is 14.7. The van der Waals surface area contributed by atoms with E-state index >= 15 is 0 Å². The molecule has 1 fully saturated rings. The minimum Gasteiger partial charge on any atom is -0.497 e. The summed E-state index contributed by atoms with van der Waals surface area (Å²) in [6.07, 6.45) is 7.85. The third kappa shape index (κ3) is 4.05. The molecule has 178 valence electrons. The average molecular weight is 487 g/mol. The first-order chi connectivity index (χ1) is 17.2. The van der Waals surface area contributed by atoms with Crippen LogP contribution >= 0.6 is 11.3 Å². The van der Waals surface area contributed by atoms with Gasteiger partial charge in [-0.05, 0) is 55.2 Å². The molecule has 1 aromatic carbocycles. The van der Waals surface area contributed by atoms with Gasteiger partial charge in [0.2, 0.25) is 5.91 Å². The Morgan fingerprint density at radius 3 is 2.94 bits per heavy atom. The zero-order valence-corrected chi connectivity index (χ0v) is 20.3. The van der Waals surface area contributed by atoms with Gasteiger partial charge in [0.05, 0.1) is 17.3 Å². The summed E-state index contributed by atoms with van der Waals surface area (Å²) in [5.74, 6) is 1.95. The fraction of sp³-hybridized carbons (Fsp3) is 0.308. The number of nitrogens with zero attached hydrogens (tertiary/aromatic N) is 4. The molecule has 6 rings (SSSR count). The van der Waals surface area contributed by atoms with Gasteiger partial charge in [-0.25, -0.2) is 15.0 Å². The number of amides is 1. The van der Waals surface area contributed by atoms with Gasteiger partial charge in [-0.15, -0.1) is 11.3 Å². The van der Waals surface area contributed by atoms with E-state index in [1.165, 1.54) is 5.56 Å². The number of carbonyl (C=O) groups excluding carboxylic acids is 1. The van der Waals surface area contributed by atoms with Crippen molar-refractivity contribution in [3.05, 3.63) is 54.6 Å². The highest BCUT2D eigenvalue weighted by Gasteiger charge is 2.27. The predicted molar refractivity (Wildman–Crippen MR) is 139 cm³/mol. The Balaban J connectivity index is 1.07. The van der Waals surface area contributed by atoms with Crippen LogP contribution in [0.25, 0.3) is 31.3 Å². The molecule has 1 amide bonds. The maximum absolute atomic E-state index is 12.9. The number of pyridine rings is 1. The van der Waals surface area contributed by atoms with E-state index < -0.39 is 0 Å². The van der Waals surface area contributed by atoms with Gasteiger partial charge < -0.3 is 19.9 Å². The summed E-state index contributed by atoms with van der Waals surface area (Å²) < 4.78 is 6.42. The molecule has 35 heavy (non-hydrogen) atoms. The van der Waals surface area contributed by atoms with E-state index in [1.54, 1.807) is 24.8 Å². The van der Waals surface area contributed by atoms with Gasteiger partial charge in [0, 0.05) is 54.2 Å². The van der Waals surface area contributed by atoms with E-state index in [9.17, 15) is 4.79 Å². The van der Waals surface area contributed by atoms with E-state index in [2.05, 4.69) is 36.2 Å². The van der Waals surface area contributed by atoms with Crippen molar-refractivity contribution in [2.45, 2.75) is 19.3 Å². The van der Waals surface area contributed by atoms with Crippen LogP contribution in [0.4, 0.5) is 5.82 Å². The Morgan fingerprint density at radius 2 is 2.09 bits per heavy atom. The van der Waals surface area contributed by atoms with E-state index in [0.717, 1.165) is 75.3 Å². The molecule has 1 aliphatic rings. The second kappa shape index (κ2) is 9.14. The van der Waals surface area contributed by atoms with Gasteiger partial charge >= 0.3 is 0 Å². The van der Waals surface area contributed by atoms with Crippen molar-refractivity contribution in [1.82, 2.24) is 25.3 Å². The van der Waals surface area contributed by atoms with Crippen molar-refractivity contribution < 1.29 is 9.53 Å². The number of benzene rings is 1. The fourth-order valence-electron chi connectivity index (χ4n) is 4.93. The highest BCUT2D eigenvalue weighted by molar-refractivity contribution is 7.25. The highest BCUT2D eigenvalue weighted by atomic mass is 32.1. The Morgan fingerprint density at radius 1 is 1.20 bits per heavy atom. The number of H-pyrrole nitrogens is 1. The topological polar surface area (TPSA) is 96.0 Å². The summed E-state index contributed by atoms with van der Waals surface area (Å²) in [6, 6.07) is 10.00. The van der Waals surface area contributed by atoms with Crippen molar-refractivity contribution >= 4 is 54.4 Å². The van der Waals surface area contributed by atoms with Gasteiger partial charge in [0.25, 0.3) is 0 Å². The van der Waals surface area contributed by atoms with Crippen LogP contribution in [0.5, 0.6) is 5.75 Å². The molecule has 1 saturated heterocycles. The highest BCUT2D eigenvalue weighted by Crippen LogP contribution is 2.37. The molecule has 0 unspecified atom stereocenters. The molecule has 5 aromatic rings. The molecule has 0 radical (unpaired) electrons. The van der Waals surface area contributed by atoms with Crippen molar-refractivity contribution in [2.24, 2.45) is 5.92 Å². The largest absolute Gasteiger partial charge is 0.497 e. The molecule has 0 spiro atoms. The van der Waals surface area contributed by atoms with Gasteiger partial charge in [0.1, 0.15) is 22.7 Å². The second-order valence-corrected chi connectivity index (χ2v) is 9.86. The molecule has 0 saturated carbocycles. The maximum Gasteiger partial charge on any atom is 0.223 e. The Hall–Kier alpha value is -3.72. The number of ether oxygens (including phenoxy) is 1. The van der Waals surface area contributed by atoms with Crippen molar-refractivity contribution in [2.75, 3.05) is 31.6 Å². The summed E-state index contributed by atoms with van der Waals surface area (Å²) in [4.78, 5) is 33.0. The van der Waals surface area contributed by atoms with Crippen molar-refractivity contribution in [1.29, 1.82) is 0 Å². The number of anilines is 1. The molecule has 5 heterocycles. The molecule has 8 nitrogen and oxygen atoms in total. The number of methoxy groups -OCH3 is 1. The number of hydrogen-bond donors (Lipinski definition) is 2. The fourth-order valence-corrected chi connectivity index (χ4v) is 6.05. The number of thiophene rings is 1. The summed E-state index contributed by atoms with van der Waals surface area (Å²) in [6.45, 7) is 2.22. The van der Waals surface area contributed by atoms with E-state index in [1.807, 2.05) is 36.7 Å². The molecule has 0 aliphatic carbocycles. The van der Waals surface area contributed by atoms with Crippen LogP contribution in [-0.2, 0) is 11.2 Å². The first-order valence-corrected chi connectivity index (χ1v) is 12.7. The average Bonchev–Trinajstić information content (AvgIpc) is 3.49. The molecule has 1 aliphatic heterocycles. The summed E-state index contributed by atoms with van der Waals surface area (Å²) in [7, 11) is 1.67. The lowest BCUT2D eigenvalue weighted by Gasteiger charge is -2.32. The zero-order chi connectivity index (χ0) is 23.8. The number of piperidine rings is 1. The number of nitrogens with one attached hydrogen (secondary N) is 2. The molecule has 0 bridgehead atoms. The lowest BCUT2D eigenvalue weighted by atomic mass is 9.95. The molecule has 4 aromatic heterocycles. The maximum atomic E-state index is 12.9. The number of hydrogen-bond acceptors (Lipinski definition) is 7. The Labute approximate surface area is 206 Å². The van der Waals surface area contributed by atoms with Crippen LogP contribution in [0.2, 0.25) is 0 Å². The summed E-state index contributed by atoms with van der Waals surface area (Å²) in [5, 5.41) is 5.36. The van der Waals surface area contributed by atoms with Crippen LogP contribution in [0.15, 0.2) is 49.1 Å². The van der Waals surface area contributed by atoms with Gasteiger partial charge in [-0.1, -0.05) is 0 Å². The van der Waals surface area contributed by atoms with Crippen LogP contribution in [0.3, 0.4) is 0 Å². The van der Waals surface area contributed by atoms with Crippen LogP contribution in [-0.4, -0.2) is 52.6 Å². The van der Waals surface area contributed by atoms with E-state index in [4.69, 9.17) is 4.74 Å². The van der Waals surface area contributed by atoms with Crippen LogP contribution in [0, 0.1) is 5.92 Å². The second-order valence-electron chi connectivity index (χ2n) is 8.86. The minimum atomic E-state index is 0.0238. The first kappa shape index (κ1) is 21.8. The Bertz CT molecular complexity index is 1520. The number of aromatic amines is 1. The number of fused-ring (bicyclic) bond motifs is 4. The molecular formula is C26H26N6O2S. The number of rotatable bonds is 6. The van der Waals surface area contributed by atoms with Crippen LogP contribution in [0.1, 0.15) is 18.4 Å². The smallest absolute Gasteiger partial charge is 0.223 e. The molecule has 0 atom stereocenters.